The Morgan fingerprint density at radius 2 is 2.07 bits per heavy atom. The summed E-state index contributed by atoms with van der Waals surface area (Å²) in [6.45, 7) is 2.66. The van der Waals surface area contributed by atoms with Gasteiger partial charge < -0.3 is 10.5 Å². The zero-order valence-electron chi connectivity index (χ0n) is 8.82. The molecule has 0 rings (SSSR count). The number of methoxy groups -OCH3 is 1. The molecule has 3 N–H and O–H groups in total. The lowest BCUT2D eigenvalue weighted by atomic mass is 10.3. The molecule has 0 aromatic carbocycles. The van der Waals surface area contributed by atoms with Crippen molar-refractivity contribution >= 4 is 10.0 Å². The Labute approximate surface area is 86.1 Å². The van der Waals surface area contributed by atoms with Crippen molar-refractivity contribution in [3.05, 3.63) is 0 Å². The van der Waals surface area contributed by atoms with Crippen LogP contribution in [0.25, 0.3) is 0 Å². The monoisotopic (exact) mass is 224 g/mol. The van der Waals surface area contributed by atoms with Crippen LogP contribution in [0.2, 0.25) is 0 Å². The van der Waals surface area contributed by atoms with E-state index in [1.807, 2.05) is 6.92 Å². The molecule has 0 fully saturated rings. The zero-order valence-corrected chi connectivity index (χ0v) is 9.64. The molecule has 0 saturated heterocycles. The third-order valence-electron chi connectivity index (χ3n) is 1.86. The van der Waals surface area contributed by atoms with Crippen molar-refractivity contribution in [2.45, 2.75) is 25.9 Å². The minimum Gasteiger partial charge on any atom is -0.380 e. The number of ether oxygens (including phenoxy) is 1. The van der Waals surface area contributed by atoms with E-state index in [1.165, 1.54) is 0 Å². The topological polar surface area (TPSA) is 81.4 Å². The highest BCUT2D eigenvalue weighted by Crippen LogP contribution is 1.94. The summed E-state index contributed by atoms with van der Waals surface area (Å²) in [6.07, 6.45) is 1.24. The van der Waals surface area contributed by atoms with E-state index in [9.17, 15) is 8.42 Å². The van der Waals surface area contributed by atoms with Gasteiger partial charge in [0.25, 0.3) is 0 Å². The fourth-order valence-corrected chi connectivity index (χ4v) is 2.05. The second-order valence-electron chi connectivity index (χ2n) is 3.21. The van der Waals surface area contributed by atoms with Crippen LogP contribution in [-0.2, 0) is 14.8 Å². The van der Waals surface area contributed by atoms with Crippen molar-refractivity contribution in [3.63, 3.8) is 0 Å². The first-order valence-electron chi connectivity index (χ1n) is 4.72. The van der Waals surface area contributed by atoms with Gasteiger partial charge in [-0.1, -0.05) is 0 Å². The lowest BCUT2D eigenvalue weighted by Crippen LogP contribution is -2.33. The highest BCUT2D eigenvalue weighted by atomic mass is 32.2. The van der Waals surface area contributed by atoms with E-state index in [1.54, 1.807) is 7.11 Å². The number of rotatable bonds is 8. The van der Waals surface area contributed by atoms with Crippen LogP contribution in [0.5, 0.6) is 0 Å². The van der Waals surface area contributed by atoms with Gasteiger partial charge >= 0.3 is 0 Å². The average molecular weight is 224 g/mol. The molecule has 1 atom stereocenters. The number of hydrogen-bond acceptors (Lipinski definition) is 4. The third-order valence-corrected chi connectivity index (χ3v) is 3.29. The Morgan fingerprint density at radius 1 is 1.43 bits per heavy atom. The van der Waals surface area contributed by atoms with E-state index >= 15 is 0 Å². The summed E-state index contributed by atoms with van der Waals surface area (Å²) < 4.78 is 30.0. The molecule has 86 valence electrons. The number of unbranched alkanes of at least 4 members (excludes halogenated alkanes) is 1. The molecule has 0 amide bonds. The number of nitrogens with two attached hydrogens (primary N) is 1. The van der Waals surface area contributed by atoms with Gasteiger partial charge in [0.15, 0.2) is 0 Å². The first-order chi connectivity index (χ1) is 6.52. The Hall–Kier alpha value is -0.170. The Bertz CT molecular complexity index is 229. The molecular formula is C8H20N2O3S. The van der Waals surface area contributed by atoms with Gasteiger partial charge in [0.05, 0.1) is 11.9 Å². The first kappa shape index (κ1) is 13.8. The van der Waals surface area contributed by atoms with Crippen molar-refractivity contribution in [1.82, 2.24) is 4.72 Å². The van der Waals surface area contributed by atoms with Crippen molar-refractivity contribution < 1.29 is 13.2 Å². The molecule has 0 aromatic rings. The number of sulfonamides is 1. The predicted octanol–water partition coefficient (Wildman–Crippen LogP) is -0.320. The van der Waals surface area contributed by atoms with Gasteiger partial charge in [-0.25, -0.2) is 13.1 Å². The number of nitrogens with one attached hydrogen (secondary N) is 1. The van der Waals surface area contributed by atoms with Crippen molar-refractivity contribution in [2.24, 2.45) is 5.73 Å². The molecule has 1 unspecified atom stereocenters. The molecule has 14 heavy (non-hydrogen) atoms. The molecule has 5 nitrogen and oxygen atoms in total. The van der Waals surface area contributed by atoms with Crippen LogP contribution in [0.4, 0.5) is 0 Å². The number of hydrogen-bond donors (Lipinski definition) is 2. The summed E-state index contributed by atoms with van der Waals surface area (Å²) in [6, 6.07) is 0. The van der Waals surface area contributed by atoms with Gasteiger partial charge in [0.1, 0.15) is 0 Å². The molecular weight excluding hydrogens is 204 g/mol. The van der Waals surface area contributed by atoms with Crippen LogP contribution in [0.1, 0.15) is 19.8 Å². The van der Waals surface area contributed by atoms with E-state index in [-0.39, 0.29) is 11.9 Å². The molecule has 0 aromatic heterocycles. The fraction of sp³-hybridized carbons (Fsp3) is 1.00. The second kappa shape index (κ2) is 7.17. The van der Waals surface area contributed by atoms with Crippen LogP contribution >= 0.6 is 0 Å². The maximum absolute atomic E-state index is 11.3. The average Bonchev–Trinajstić information content (AvgIpc) is 2.14. The van der Waals surface area contributed by atoms with Gasteiger partial charge in [-0.05, 0) is 26.3 Å². The van der Waals surface area contributed by atoms with Crippen molar-refractivity contribution in [2.75, 3.05) is 26.0 Å². The molecule has 0 spiro atoms. The SMILES string of the molecule is COC(C)CNS(=O)(=O)CCCCN. The molecule has 0 bridgehead atoms. The summed E-state index contributed by atoms with van der Waals surface area (Å²) in [5, 5.41) is 0. The third kappa shape index (κ3) is 7.25. The molecule has 0 aliphatic rings. The molecule has 0 aliphatic heterocycles. The maximum atomic E-state index is 11.3. The van der Waals surface area contributed by atoms with Crippen LogP contribution in [-0.4, -0.2) is 40.5 Å². The van der Waals surface area contributed by atoms with Crippen LogP contribution < -0.4 is 10.5 Å². The highest BCUT2D eigenvalue weighted by Gasteiger charge is 2.10. The van der Waals surface area contributed by atoms with E-state index in [0.717, 1.165) is 6.42 Å². The van der Waals surface area contributed by atoms with E-state index in [4.69, 9.17) is 10.5 Å². The quantitative estimate of drug-likeness (QED) is 0.554. The normalized spacial score (nSPS) is 14.2. The van der Waals surface area contributed by atoms with E-state index in [2.05, 4.69) is 4.72 Å². The summed E-state index contributed by atoms with van der Waals surface area (Å²) >= 11 is 0. The summed E-state index contributed by atoms with van der Waals surface area (Å²) in [5.41, 5.74) is 5.27. The molecule has 0 saturated carbocycles. The molecule has 6 heteroatoms. The Morgan fingerprint density at radius 3 is 2.57 bits per heavy atom. The molecule has 0 heterocycles. The van der Waals surface area contributed by atoms with Gasteiger partial charge in [-0.15, -0.1) is 0 Å². The lowest BCUT2D eigenvalue weighted by molar-refractivity contribution is 0.122. The highest BCUT2D eigenvalue weighted by molar-refractivity contribution is 7.89. The van der Waals surface area contributed by atoms with Gasteiger partial charge in [0, 0.05) is 13.7 Å². The van der Waals surface area contributed by atoms with E-state index in [0.29, 0.717) is 19.5 Å². The van der Waals surface area contributed by atoms with E-state index < -0.39 is 10.0 Å². The Kier molecular flexibility index (Phi) is 7.08. The first-order valence-corrected chi connectivity index (χ1v) is 6.37. The molecule has 0 radical (unpaired) electrons. The minimum atomic E-state index is -3.14. The zero-order chi connectivity index (χ0) is 11.0. The van der Waals surface area contributed by atoms with Gasteiger partial charge in [0.2, 0.25) is 10.0 Å². The molecule has 0 aliphatic carbocycles. The summed E-state index contributed by atoms with van der Waals surface area (Å²) in [5.74, 6) is 0.140. The second-order valence-corrected chi connectivity index (χ2v) is 5.14. The van der Waals surface area contributed by atoms with Crippen LogP contribution in [0.3, 0.4) is 0 Å². The smallest absolute Gasteiger partial charge is 0.211 e. The maximum Gasteiger partial charge on any atom is 0.211 e. The Balaban J connectivity index is 3.73. The van der Waals surface area contributed by atoms with Crippen LogP contribution in [0, 0.1) is 0 Å². The fourth-order valence-electron chi connectivity index (χ4n) is 0.836. The van der Waals surface area contributed by atoms with Gasteiger partial charge in [-0.3, -0.25) is 0 Å². The minimum absolute atomic E-state index is 0.0979. The van der Waals surface area contributed by atoms with Gasteiger partial charge in [-0.2, -0.15) is 0 Å². The summed E-state index contributed by atoms with van der Waals surface area (Å²) in [4.78, 5) is 0. The summed E-state index contributed by atoms with van der Waals surface area (Å²) in [7, 11) is -1.60. The van der Waals surface area contributed by atoms with Crippen molar-refractivity contribution in [1.29, 1.82) is 0 Å². The van der Waals surface area contributed by atoms with Crippen molar-refractivity contribution in [3.8, 4) is 0 Å². The standard InChI is InChI=1S/C8H20N2O3S/c1-8(13-2)7-10-14(11,12)6-4-3-5-9/h8,10H,3-7,9H2,1-2H3. The predicted molar refractivity (Wildman–Crippen MR) is 56.5 cm³/mol. The lowest BCUT2D eigenvalue weighted by Gasteiger charge is -2.10. The largest absolute Gasteiger partial charge is 0.380 e. The van der Waals surface area contributed by atoms with Crippen LogP contribution in [0.15, 0.2) is 0 Å².